The molecule has 11 bridgehead atoms. The van der Waals surface area contributed by atoms with Gasteiger partial charge in [-0.2, -0.15) is 4.98 Å². The minimum absolute atomic E-state index is 0.0293. The van der Waals surface area contributed by atoms with Gasteiger partial charge >= 0.3 is 5.69 Å². The Morgan fingerprint density at radius 3 is 1.94 bits per heavy atom. The molecule has 0 spiro atoms. The molecule has 2 fully saturated rings. The van der Waals surface area contributed by atoms with Crippen molar-refractivity contribution in [2.45, 2.75) is 176 Å². The summed E-state index contributed by atoms with van der Waals surface area (Å²) in [6.45, 7) is 6.27. The smallest absolute Gasteiger partial charge is 0.349 e. The number of carbonyl (C=O) groups excluding carboxylic acids is 10. The van der Waals surface area contributed by atoms with Crippen molar-refractivity contribution >= 4 is 99.7 Å². The highest BCUT2D eigenvalue weighted by Gasteiger charge is 2.52. The number of primary amides is 2. The lowest BCUT2D eigenvalue weighted by molar-refractivity contribution is -0.334. The van der Waals surface area contributed by atoms with Gasteiger partial charge in [0.1, 0.15) is 101 Å². The molecule has 0 radical (unpaired) electrons. The molecule has 1 aromatic heterocycles. The lowest BCUT2D eigenvalue weighted by Gasteiger charge is -2.48. The number of ether oxygens (including phenoxy) is 6. The summed E-state index contributed by atoms with van der Waals surface area (Å²) in [6.07, 6.45) is -18.3. The van der Waals surface area contributed by atoms with Gasteiger partial charge in [-0.3, -0.25) is 57.4 Å². The van der Waals surface area contributed by atoms with Gasteiger partial charge in [0.05, 0.1) is 47.2 Å². The number of nitrogens with two attached hydrogens (primary N) is 2. The van der Waals surface area contributed by atoms with Gasteiger partial charge in [-0.05, 0) is 146 Å². The van der Waals surface area contributed by atoms with Crippen molar-refractivity contribution in [1.82, 2.24) is 57.6 Å². The number of hydrogen-bond acceptors (Lipinski definition) is 30. The minimum atomic E-state index is -2.42. The SMILES string of the molecule is CNC(CC(C)C)C(=O)NC1C(=O)NC(CC(N)=O)C(=O)NC2C(=O)NC3C(=O)NC(C(=O)N[C@@H](C(=O)NOCC(N)=O)c4cc(O)cc(O)c4-c4cc3ccc4O)C(O)c3ccc(c(Cl)c3)Oc3cc2cc(c3OC2OC(CO)C(O)C(O)C2OC2C[C@@](C)(NCCn3ccc(NC(=O)C(C)c4ccc(Cl)cc4)nc3=O)C(O)C(C)O2)Oc2ccc(cc2Cl)C1O. The van der Waals surface area contributed by atoms with Crippen molar-refractivity contribution < 1.29 is 127 Å². The first-order chi connectivity index (χ1) is 60.2. The Morgan fingerprint density at radius 1 is 0.685 bits per heavy atom. The van der Waals surface area contributed by atoms with Crippen molar-refractivity contribution in [2.24, 2.45) is 17.4 Å². The van der Waals surface area contributed by atoms with Crippen molar-refractivity contribution in [2.75, 3.05) is 32.1 Å². The van der Waals surface area contributed by atoms with E-state index in [4.69, 9.17) is 79.5 Å². The molecule has 19 atom stereocenters. The van der Waals surface area contributed by atoms with Gasteiger partial charge in [0.2, 0.25) is 65.2 Å². The third-order valence-corrected chi connectivity index (χ3v) is 22.7. The second-order valence-electron chi connectivity index (χ2n) is 31.5. The van der Waals surface area contributed by atoms with Crippen LogP contribution in [0.5, 0.6) is 46.0 Å². The first-order valence-corrected chi connectivity index (χ1v) is 40.9. The molecule has 14 rings (SSSR count). The fourth-order valence-electron chi connectivity index (χ4n) is 15.2. The molecular formula is C83H93Cl3N14O27. The predicted octanol–water partition coefficient (Wildman–Crippen LogP) is 0.838. The monoisotopic (exact) mass is 1820 g/mol. The van der Waals surface area contributed by atoms with E-state index in [9.17, 15) is 74.7 Å². The standard InChI is InChI=1S/C83H93Cl3N14O27/c1-33(2)21-47(89-6)74(113)97-64-66(107)38-10-15-51(45(85)23-38)123-53-25-40-26-54(70(53)127-81-71(69(110)68(109)55(31-101)125-81)126-59-30-83(5,72(111)35(4)122-59)90-18-20-100-19-17-58(93-82(100)120)92-73(112)34(3)36-7-12-41(84)13-8-36)124-52-16-11-39(24-46(52)86)67(108)65-79(118)96-63(80(119)99-121-32-57(88)106)44-27-42(102)28-50(104)60(44)43-22-37(9-14-49(43)103)61(76(115)98-65)95-77(116)62(40)94-75(114)48(29-56(87)105)91-78(64)117/h7-17,19,22-28,33-35,47-48,55,59,61-69,71-72,81,89-90,101-104,107-111H,18,20-21,29-32H2,1-6H3,(H2,87,105)(H2,88,106)(H,91,117)(H,94,114)(H,95,116)(H,96,118)(H,97,113)(H,98,115)(H,99,119)(H,92,93,112,120)/t34?,35?,47?,48?,55?,59?,61?,62?,63-,64?,65?,66?,67?,68?,69?,71?,72?,81?,83-/m1/s1. The molecule has 7 aliphatic rings. The fourth-order valence-corrected chi connectivity index (χ4v) is 15.7. The zero-order valence-corrected chi connectivity index (χ0v) is 70.7. The third-order valence-electron chi connectivity index (χ3n) is 21.9. The van der Waals surface area contributed by atoms with Gasteiger partial charge in [0, 0.05) is 53.5 Å². The Labute approximate surface area is 737 Å². The fraction of sp³-hybridized carbons (Fsp3) is 0.398. The summed E-state index contributed by atoms with van der Waals surface area (Å²) in [7, 11) is 1.46. The summed E-state index contributed by atoms with van der Waals surface area (Å²) in [5.74, 6) is -18.4. The molecule has 127 heavy (non-hydrogen) atoms. The van der Waals surface area contributed by atoms with Crippen molar-refractivity contribution in [3.05, 3.63) is 174 Å². The quantitative estimate of drug-likeness (QED) is 0.0395. The van der Waals surface area contributed by atoms with Crippen LogP contribution in [-0.4, -0.2) is 220 Å². The van der Waals surface area contributed by atoms with Crippen LogP contribution in [0.25, 0.3) is 11.1 Å². The number of hydroxylamine groups is 1. The average Bonchev–Trinajstić information content (AvgIpc) is 0.764. The zero-order valence-electron chi connectivity index (χ0n) is 68.4. The molecule has 10 amide bonds. The summed E-state index contributed by atoms with van der Waals surface area (Å²) in [6, 6.07) is 6.87. The van der Waals surface area contributed by atoms with Gasteiger partial charge in [0.15, 0.2) is 30.5 Å². The number of carbonyl (C=O) groups is 10. The number of hydrogen-bond donors (Lipinski definition) is 21. The lowest BCUT2D eigenvalue weighted by atomic mass is 9.85. The molecule has 2 saturated heterocycles. The van der Waals surface area contributed by atoms with Crippen molar-refractivity contribution in [1.29, 1.82) is 0 Å². The number of fused-ring (bicyclic) bond motifs is 15. The molecule has 0 saturated carbocycles. The number of nitrogens with zero attached hydrogens (tertiary/aromatic N) is 2. The predicted molar refractivity (Wildman–Crippen MR) is 446 cm³/mol. The number of nitrogens with one attached hydrogen (secondary N) is 10. The summed E-state index contributed by atoms with van der Waals surface area (Å²) < 4.78 is 40.6. The van der Waals surface area contributed by atoms with Crippen LogP contribution in [0.3, 0.4) is 0 Å². The topological polar surface area (TPSA) is 625 Å². The second kappa shape index (κ2) is 40.0. The van der Waals surface area contributed by atoms with E-state index in [1.807, 2.05) is 5.48 Å². The number of rotatable bonds is 23. The van der Waals surface area contributed by atoms with E-state index in [1.54, 1.807) is 52.0 Å². The Bertz CT molecular complexity index is 5450. The average molecular weight is 1830 g/mol. The highest BCUT2D eigenvalue weighted by molar-refractivity contribution is 6.32. The van der Waals surface area contributed by atoms with Crippen LogP contribution in [0.2, 0.25) is 15.1 Å². The first-order valence-electron chi connectivity index (χ1n) is 39.7. The van der Waals surface area contributed by atoms with Crippen LogP contribution in [0.4, 0.5) is 5.82 Å². The minimum Gasteiger partial charge on any atom is -0.508 e. The largest absolute Gasteiger partial charge is 0.508 e. The maximum Gasteiger partial charge on any atom is 0.349 e. The highest BCUT2D eigenvalue weighted by atomic mass is 35.5. The lowest BCUT2D eigenvalue weighted by Crippen LogP contribution is -2.65. The normalized spacial score (nSPS) is 25.9. The molecule has 6 aromatic carbocycles. The number of phenolic OH excluding ortho intramolecular Hbond substituents is 3. The van der Waals surface area contributed by atoms with Crippen LogP contribution < -0.4 is 84.7 Å². The van der Waals surface area contributed by atoms with E-state index in [0.717, 1.165) is 66.7 Å². The number of aromatic nitrogens is 2. The van der Waals surface area contributed by atoms with Crippen LogP contribution in [0.15, 0.2) is 120 Å². The van der Waals surface area contributed by atoms with Gasteiger partial charge in [-0.25, -0.2) is 10.3 Å². The number of benzene rings is 6. The molecule has 17 unspecified atom stereocenters. The molecular weight excluding hydrogens is 1730 g/mol. The van der Waals surface area contributed by atoms with E-state index < -0.39 is 283 Å². The van der Waals surface area contributed by atoms with Crippen molar-refractivity contribution in [3.8, 4) is 57.1 Å². The molecule has 41 nitrogen and oxygen atoms in total. The molecule has 0 aliphatic carbocycles. The number of halogens is 3. The zero-order chi connectivity index (χ0) is 92.1. The van der Waals surface area contributed by atoms with Crippen LogP contribution in [-0.2, 0) is 73.5 Å². The van der Waals surface area contributed by atoms with E-state index in [1.165, 1.54) is 42.9 Å². The molecule has 7 aliphatic heterocycles. The summed E-state index contributed by atoms with van der Waals surface area (Å²) in [5.41, 5.74) is 8.43. The van der Waals surface area contributed by atoms with Gasteiger partial charge in [-0.15, -0.1) is 0 Å². The first kappa shape index (κ1) is 94.2. The Morgan fingerprint density at radius 2 is 1.32 bits per heavy atom. The van der Waals surface area contributed by atoms with E-state index in [0.29, 0.717) is 10.6 Å². The number of anilines is 1. The highest BCUT2D eigenvalue weighted by Crippen LogP contribution is 2.50. The van der Waals surface area contributed by atoms with Crippen molar-refractivity contribution in [3.63, 3.8) is 0 Å². The molecule has 44 heteroatoms. The maximum atomic E-state index is 16.3. The van der Waals surface area contributed by atoms with Crippen LogP contribution in [0.1, 0.15) is 124 Å². The van der Waals surface area contributed by atoms with E-state index >= 15 is 24.0 Å². The van der Waals surface area contributed by atoms with Crippen LogP contribution in [0, 0.1) is 5.92 Å². The molecule has 23 N–H and O–H groups in total. The number of amides is 10. The molecule has 678 valence electrons. The Balaban J connectivity index is 1.00. The number of aromatic hydroxyl groups is 3. The Hall–Kier alpha value is -11.9. The number of likely N-dealkylation sites (N-methyl/N-ethyl adjacent to an activating group) is 1. The van der Waals surface area contributed by atoms with Gasteiger partial charge in [0.25, 0.3) is 5.91 Å². The second-order valence-corrected chi connectivity index (χ2v) is 32.7. The maximum absolute atomic E-state index is 16.3. The third kappa shape index (κ3) is 21.5. The molecule has 7 aromatic rings. The Kier molecular flexibility index (Phi) is 29.6. The summed E-state index contributed by atoms with van der Waals surface area (Å²) in [4.78, 5) is 168. The van der Waals surface area contributed by atoms with E-state index in [2.05, 4.69) is 52.8 Å². The summed E-state index contributed by atoms with van der Waals surface area (Å²) >= 11 is 20.4. The van der Waals surface area contributed by atoms with Gasteiger partial charge < -0.3 is 134 Å². The van der Waals surface area contributed by atoms with Crippen LogP contribution >= 0.6 is 34.8 Å². The van der Waals surface area contributed by atoms with Gasteiger partial charge in [-0.1, -0.05) is 79.0 Å². The number of aliphatic hydroxyl groups excluding tert-OH is 6. The number of aliphatic hydroxyl groups is 6. The molecule has 8 heterocycles. The summed E-state index contributed by atoms with van der Waals surface area (Å²) in [5, 5.41) is 130. The number of phenols is 3. The van der Waals surface area contributed by atoms with E-state index in [-0.39, 0.29) is 48.8 Å².